The van der Waals surface area contributed by atoms with Crippen molar-refractivity contribution >= 4 is 6.03 Å². The lowest BCUT2D eigenvalue weighted by Crippen LogP contribution is -2.56. The van der Waals surface area contributed by atoms with Crippen LogP contribution in [0.4, 0.5) is 4.79 Å². The Morgan fingerprint density at radius 2 is 1.92 bits per heavy atom. The first-order valence-electron chi connectivity index (χ1n) is 9.34. The van der Waals surface area contributed by atoms with Crippen molar-refractivity contribution < 1.29 is 4.79 Å². The van der Waals surface area contributed by atoms with Crippen LogP contribution in [0.2, 0.25) is 0 Å². The lowest BCUT2D eigenvalue weighted by Gasteiger charge is -2.39. The third-order valence-electron chi connectivity index (χ3n) is 5.63. The highest BCUT2D eigenvalue weighted by Gasteiger charge is 2.32. The highest BCUT2D eigenvalue weighted by atomic mass is 16.2. The molecular weight excluding hydrogens is 304 g/mol. The number of urea groups is 1. The van der Waals surface area contributed by atoms with Crippen molar-refractivity contribution in [1.82, 2.24) is 20.0 Å². The second kappa shape index (κ2) is 6.57. The fraction of sp³-hybridized carbons (Fsp3) is 0.722. The summed E-state index contributed by atoms with van der Waals surface area (Å²) in [5.74, 6) is 0.339. The molecule has 0 radical (unpaired) electrons. The molecule has 0 spiro atoms. The minimum atomic E-state index is 0.00417. The summed E-state index contributed by atoms with van der Waals surface area (Å²) < 4.78 is 1.61. The van der Waals surface area contributed by atoms with Gasteiger partial charge in [0.2, 0.25) is 0 Å². The smallest absolute Gasteiger partial charge is 0.317 e. The van der Waals surface area contributed by atoms with Gasteiger partial charge >= 0.3 is 6.03 Å². The molecule has 0 unspecified atom stereocenters. The predicted octanol–water partition coefficient (Wildman–Crippen LogP) is 1.71. The van der Waals surface area contributed by atoms with Crippen LogP contribution in [-0.4, -0.2) is 39.8 Å². The van der Waals surface area contributed by atoms with Gasteiger partial charge in [0.05, 0.1) is 12.2 Å². The average molecular weight is 330 g/mol. The molecule has 1 N–H and O–H groups in total. The number of aromatic nitrogens is 2. The lowest BCUT2D eigenvalue weighted by molar-refractivity contribution is 0.105. The Balaban J connectivity index is 1.31. The maximum absolute atomic E-state index is 12.2. The minimum Gasteiger partial charge on any atom is -0.335 e. The molecule has 0 bridgehead atoms. The number of carbonyl (C=O) groups is 1. The molecule has 0 atom stereocenters. The van der Waals surface area contributed by atoms with E-state index in [1.165, 1.54) is 12.8 Å². The van der Waals surface area contributed by atoms with Gasteiger partial charge in [-0.3, -0.25) is 4.79 Å². The number of aryl methyl sites for hydroxylation is 2. The Hall–Kier alpha value is -1.85. The number of hydrogen-bond donors (Lipinski definition) is 1. The quantitative estimate of drug-likeness (QED) is 0.917. The van der Waals surface area contributed by atoms with Crippen LogP contribution in [0, 0.1) is 5.92 Å². The molecule has 1 aromatic heterocycles. The number of hydrogen-bond acceptors (Lipinski definition) is 3. The van der Waals surface area contributed by atoms with Gasteiger partial charge in [-0.05, 0) is 44.1 Å². The fourth-order valence-electron chi connectivity index (χ4n) is 4.16. The highest BCUT2D eigenvalue weighted by molar-refractivity contribution is 5.75. The summed E-state index contributed by atoms with van der Waals surface area (Å²) in [6.45, 7) is 2.08. The zero-order valence-electron chi connectivity index (χ0n) is 14.2. The number of nitrogens with zero attached hydrogens (tertiary/aromatic N) is 3. The van der Waals surface area contributed by atoms with Gasteiger partial charge in [-0.25, -0.2) is 9.48 Å². The molecule has 0 aromatic carbocycles. The summed E-state index contributed by atoms with van der Waals surface area (Å²) in [6.07, 6.45) is 8.95. The second-order valence-electron chi connectivity index (χ2n) is 7.55. The third kappa shape index (κ3) is 3.19. The van der Waals surface area contributed by atoms with Gasteiger partial charge in [0.15, 0.2) is 0 Å². The lowest BCUT2D eigenvalue weighted by atomic mass is 9.97. The number of rotatable bonds is 3. The summed E-state index contributed by atoms with van der Waals surface area (Å²) in [5, 5.41) is 7.69. The van der Waals surface area contributed by atoms with Gasteiger partial charge < -0.3 is 10.2 Å². The minimum absolute atomic E-state index is 0.00417. The van der Waals surface area contributed by atoms with E-state index in [0.29, 0.717) is 18.5 Å². The molecule has 4 rings (SSSR count). The van der Waals surface area contributed by atoms with Gasteiger partial charge in [-0.1, -0.05) is 12.8 Å². The van der Waals surface area contributed by atoms with Crippen LogP contribution in [0.25, 0.3) is 0 Å². The Morgan fingerprint density at radius 3 is 2.71 bits per heavy atom. The number of nitrogens with one attached hydrogen (secondary N) is 1. The summed E-state index contributed by atoms with van der Waals surface area (Å²) in [5.41, 5.74) is 2.23. The van der Waals surface area contributed by atoms with Crippen molar-refractivity contribution in [3.63, 3.8) is 0 Å². The van der Waals surface area contributed by atoms with E-state index in [4.69, 9.17) is 0 Å². The molecule has 2 amide bonds. The van der Waals surface area contributed by atoms with Crippen LogP contribution in [0.1, 0.15) is 49.8 Å². The highest BCUT2D eigenvalue weighted by Crippen LogP contribution is 2.21. The van der Waals surface area contributed by atoms with E-state index in [9.17, 15) is 9.59 Å². The van der Waals surface area contributed by atoms with Crippen molar-refractivity contribution in [2.45, 2.75) is 64.0 Å². The summed E-state index contributed by atoms with van der Waals surface area (Å²) >= 11 is 0. The summed E-state index contributed by atoms with van der Waals surface area (Å²) in [7, 11) is 0. The normalized spacial score (nSPS) is 21.4. The fourth-order valence-corrected chi connectivity index (χ4v) is 4.16. The molecule has 130 valence electrons. The van der Waals surface area contributed by atoms with E-state index in [1.54, 1.807) is 10.7 Å². The van der Waals surface area contributed by atoms with E-state index in [2.05, 4.69) is 10.4 Å². The Labute approximate surface area is 142 Å². The van der Waals surface area contributed by atoms with Crippen molar-refractivity contribution in [3.8, 4) is 0 Å². The topological polar surface area (TPSA) is 67.2 Å². The van der Waals surface area contributed by atoms with Gasteiger partial charge in [0, 0.05) is 31.1 Å². The molecule has 6 nitrogen and oxygen atoms in total. The molecule has 3 aliphatic rings. The van der Waals surface area contributed by atoms with E-state index in [1.807, 2.05) is 4.90 Å². The van der Waals surface area contributed by atoms with Crippen molar-refractivity contribution in [2.75, 3.05) is 13.1 Å². The first-order chi connectivity index (χ1) is 11.7. The van der Waals surface area contributed by atoms with Crippen LogP contribution in [0.5, 0.6) is 0 Å². The number of carbonyl (C=O) groups excluding carboxylic acids is 1. The van der Waals surface area contributed by atoms with Gasteiger partial charge in [-0.15, -0.1) is 0 Å². The summed E-state index contributed by atoms with van der Waals surface area (Å²) in [6, 6.07) is 2.19. The average Bonchev–Trinajstić information content (AvgIpc) is 3.03. The first kappa shape index (κ1) is 15.7. The van der Waals surface area contributed by atoms with Gasteiger partial charge in [0.1, 0.15) is 0 Å². The van der Waals surface area contributed by atoms with E-state index >= 15 is 0 Å². The Morgan fingerprint density at radius 1 is 1.17 bits per heavy atom. The maximum atomic E-state index is 12.2. The maximum Gasteiger partial charge on any atom is 0.317 e. The molecule has 1 saturated heterocycles. The van der Waals surface area contributed by atoms with Gasteiger partial charge in [0.25, 0.3) is 5.56 Å². The van der Waals surface area contributed by atoms with Crippen LogP contribution < -0.4 is 10.9 Å². The molecule has 1 aromatic rings. The van der Waals surface area contributed by atoms with Crippen molar-refractivity contribution in [1.29, 1.82) is 0 Å². The number of fused-ring (bicyclic) bond motifs is 1. The molecule has 1 aliphatic heterocycles. The molecule has 2 heterocycles. The molecular formula is C18H26N4O2. The van der Waals surface area contributed by atoms with Crippen molar-refractivity contribution in [3.05, 3.63) is 27.7 Å². The number of likely N-dealkylation sites (tertiary alicyclic amines) is 1. The van der Waals surface area contributed by atoms with E-state index < -0.39 is 0 Å². The van der Waals surface area contributed by atoms with Crippen LogP contribution in [-0.2, 0) is 19.4 Å². The van der Waals surface area contributed by atoms with Crippen LogP contribution in [0.3, 0.4) is 0 Å². The molecule has 24 heavy (non-hydrogen) atoms. The van der Waals surface area contributed by atoms with E-state index in [0.717, 1.165) is 62.9 Å². The monoisotopic (exact) mass is 330 g/mol. The van der Waals surface area contributed by atoms with Crippen LogP contribution >= 0.6 is 0 Å². The van der Waals surface area contributed by atoms with Crippen LogP contribution in [0.15, 0.2) is 10.9 Å². The van der Waals surface area contributed by atoms with E-state index in [-0.39, 0.29) is 11.6 Å². The third-order valence-corrected chi connectivity index (χ3v) is 5.63. The molecule has 2 fully saturated rings. The standard InChI is InChI=1S/C18H26N4O2/c23-17-9-14-5-1-4-8-16(14)20-22(17)12-13-10-21(11-13)18(24)19-15-6-2-3-7-15/h9,13,15H,1-8,10-12H2,(H,19,24). The largest absolute Gasteiger partial charge is 0.335 e. The van der Waals surface area contributed by atoms with Gasteiger partial charge in [-0.2, -0.15) is 5.10 Å². The second-order valence-corrected chi connectivity index (χ2v) is 7.55. The zero-order chi connectivity index (χ0) is 16.5. The van der Waals surface area contributed by atoms with Crippen molar-refractivity contribution in [2.24, 2.45) is 5.92 Å². The summed E-state index contributed by atoms with van der Waals surface area (Å²) in [4.78, 5) is 26.2. The zero-order valence-corrected chi connectivity index (χ0v) is 14.2. The Bertz CT molecular complexity index is 672. The SMILES string of the molecule is O=C(NC1CCCC1)N1CC(Cn2nc3c(cc2=O)CCCC3)C1. The Kier molecular flexibility index (Phi) is 4.29. The first-order valence-corrected chi connectivity index (χ1v) is 9.34. The predicted molar refractivity (Wildman–Crippen MR) is 91.0 cm³/mol. The number of amides is 2. The molecule has 2 aliphatic carbocycles. The molecule has 6 heteroatoms. The molecule has 1 saturated carbocycles.